The summed E-state index contributed by atoms with van der Waals surface area (Å²) in [7, 11) is 0. The molecule has 7 aromatic rings. The number of rotatable bonds is 5. The van der Waals surface area contributed by atoms with Gasteiger partial charge in [0.2, 0.25) is 0 Å². The van der Waals surface area contributed by atoms with Crippen molar-refractivity contribution in [1.82, 2.24) is 0 Å². The molecular formula is C69H79BN2. The van der Waals surface area contributed by atoms with E-state index < -0.39 is 0 Å². The standard InChI is InChI=1S/C69H79BN2/c1-43-34-50-53(68(14,15)42-67(50,12)13)40-58(43)72-57-31-29-47(69(16,17)45-26-22-19-23-27-45)36-54(57)70-55-39-51-52(66(10,11)33-32-65(51,8)9)41-59(55)71(60-37-48(64(5,6)7)38-61(72)62(60)70)56-30-28-46(63(2,3)4)35-49(56)44-24-20-18-21-25-44/h18-31,34-41H,32-33,42H2,1-17H3. The molecule has 72 heavy (non-hydrogen) atoms. The largest absolute Gasteiger partial charge is 0.311 e. The van der Waals surface area contributed by atoms with Crippen molar-refractivity contribution in [3.05, 3.63) is 184 Å². The average molecular weight is 947 g/mol. The fourth-order valence-electron chi connectivity index (χ4n) is 13.8. The summed E-state index contributed by atoms with van der Waals surface area (Å²) in [6.45, 7) is 41.2. The fraction of sp³-hybridized carbons (Fsp3) is 0.391. The molecule has 0 saturated carbocycles. The van der Waals surface area contributed by atoms with E-state index in [4.69, 9.17) is 0 Å². The van der Waals surface area contributed by atoms with Crippen LogP contribution < -0.4 is 26.2 Å². The summed E-state index contributed by atoms with van der Waals surface area (Å²) >= 11 is 0. The number of fused-ring (bicyclic) bond motifs is 6. The van der Waals surface area contributed by atoms with Gasteiger partial charge < -0.3 is 9.80 Å². The van der Waals surface area contributed by atoms with Crippen LogP contribution in [0.3, 0.4) is 0 Å². The Morgan fingerprint density at radius 2 is 0.889 bits per heavy atom. The summed E-state index contributed by atoms with van der Waals surface area (Å²) in [6, 6.07) is 53.0. The lowest BCUT2D eigenvalue weighted by Gasteiger charge is -2.48. The van der Waals surface area contributed by atoms with E-state index in [-0.39, 0.29) is 44.6 Å². The van der Waals surface area contributed by atoms with Crippen LogP contribution in [0.5, 0.6) is 0 Å². The first-order valence-corrected chi connectivity index (χ1v) is 27.1. The highest BCUT2D eigenvalue weighted by Crippen LogP contribution is 2.55. The topological polar surface area (TPSA) is 6.48 Å². The van der Waals surface area contributed by atoms with Gasteiger partial charge in [-0.2, -0.15) is 0 Å². The van der Waals surface area contributed by atoms with Crippen LogP contribution in [-0.2, 0) is 37.9 Å². The zero-order chi connectivity index (χ0) is 51.5. The smallest absolute Gasteiger partial charge is 0.252 e. The maximum atomic E-state index is 2.73. The highest BCUT2D eigenvalue weighted by Gasteiger charge is 2.49. The van der Waals surface area contributed by atoms with Gasteiger partial charge in [0.1, 0.15) is 0 Å². The van der Waals surface area contributed by atoms with Gasteiger partial charge in [-0.1, -0.05) is 202 Å². The Bertz CT molecular complexity index is 3330. The second-order valence-electron chi connectivity index (χ2n) is 27.7. The van der Waals surface area contributed by atoms with Crippen molar-refractivity contribution in [3.63, 3.8) is 0 Å². The van der Waals surface area contributed by atoms with Gasteiger partial charge in [0, 0.05) is 39.4 Å². The van der Waals surface area contributed by atoms with Crippen molar-refractivity contribution in [2.45, 2.75) is 175 Å². The quantitative estimate of drug-likeness (QED) is 0.159. The molecule has 2 aliphatic carbocycles. The summed E-state index contributed by atoms with van der Waals surface area (Å²) in [5, 5.41) is 0. The maximum absolute atomic E-state index is 2.73. The van der Waals surface area contributed by atoms with Crippen molar-refractivity contribution in [3.8, 4) is 11.1 Å². The SMILES string of the molecule is Cc1cc2c(cc1N1c3ccc(C(C)(C)c4ccccc4)cc3B3c4cc5c(cc4N(c4ccc(C(C)(C)C)cc4-c4ccccc4)c4cc(C(C)(C)C)cc1c43)C(C)(C)CCC5(C)C)C(C)(C)CC2(C)C. The van der Waals surface area contributed by atoms with E-state index in [1.807, 2.05) is 0 Å². The Labute approximate surface area is 434 Å². The normalized spacial score (nSPS) is 18.0. The van der Waals surface area contributed by atoms with Crippen molar-refractivity contribution in [2.24, 2.45) is 0 Å². The molecule has 0 atom stereocenters. The van der Waals surface area contributed by atoms with E-state index in [1.165, 1.54) is 112 Å². The van der Waals surface area contributed by atoms with Gasteiger partial charge in [-0.15, -0.1) is 0 Å². The van der Waals surface area contributed by atoms with Gasteiger partial charge in [0.15, 0.2) is 0 Å². The summed E-state index contributed by atoms with van der Waals surface area (Å²) in [5.74, 6) is 0. The number of nitrogens with zero attached hydrogens (tertiary/aromatic N) is 2. The van der Waals surface area contributed by atoms with Gasteiger partial charge >= 0.3 is 0 Å². The molecule has 11 rings (SSSR count). The molecule has 0 aromatic heterocycles. The van der Waals surface area contributed by atoms with Crippen LogP contribution in [0.4, 0.5) is 34.1 Å². The zero-order valence-corrected chi connectivity index (χ0v) is 46.8. The van der Waals surface area contributed by atoms with E-state index in [0.717, 1.165) is 19.3 Å². The number of benzene rings is 7. The van der Waals surface area contributed by atoms with Crippen LogP contribution in [0.25, 0.3) is 11.1 Å². The van der Waals surface area contributed by atoms with Crippen molar-refractivity contribution < 1.29 is 0 Å². The molecule has 3 heteroatoms. The van der Waals surface area contributed by atoms with Crippen LogP contribution >= 0.6 is 0 Å². The van der Waals surface area contributed by atoms with Crippen molar-refractivity contribution in [1.29, 1.82) is 0 Å². The first kappa shape index (κ1) is 48.5. The summed E-state index contributed by atoms with van der Waals surface area (Å²) in [5.41, 5.74) is 26.8. The maximum Gasteiger partial charge on any atom is 0.252 e. The lowest BCUT2D eigenvalue weighted by Crippen LogP contribution is -2.62. The number of aryl methyl sites for hydroxylation is 1. The van der Waals surface area contributed by atoms with E-state index in [0.29, 0.717) is 0 Å². The van der Waals surface area contributed by atoms with Crippen LogP contribution in [-0.4, -0.2) is 6.71 Å². The predicted molar refractivity (Wildman–Crippen MR) is 313 cm³/mol. The molecular weight excluding hydrogens is 868 g/mol. The monoisotopic (exact) mass is 947 g/mol. The predicted octanol–water partition coefficient (Wildman–Crippen LogP) is 17.0. The molecule has 0 fully saturated rings. The van der Waals surface area contributed by atoms with Gasteiger partial charge in [-0.05, 0) is 173 Å². The summed E-state index contributed by atoms with van der Waals surface area (Å²) in [4.78, 5) is 5.44. The van der Waals surface area contributed by atoms with E-state index >= 15 is 0 Å². The molecule has 0 bridgehead atoms. The number of anilines is 6. The molecule has 2 heterocycles. The van der Waals surface area contributed by atoms with Crippen LogP contribution in [0.2, 0.25) is 0 Å². The molecule has 0 spiro atoms. The third-order valence-electron chi connectivity index (χ3n) is 18.2. The van der Waals surface area contributed by atoms with E-state index in [1.54, 1.807) is 0 Å². The van der Waals surface area contributed by atoms with Gasteiger partial charge in [-0.3, -0.25) is 0 Å². The Balaban J connectivity index is 1.31. The number of hydrogen-bond acceptors (Lipinski definition) is 2. The van der Waals surface area contributed by atoms with Crippen LogP contribution in [0.1, 0.15) is 180 Å². The molecule has 2 aliphatic heterocycles. The third kappa shape index (κ3) is 7.48. The van der Waals surface area contributed by atoms with E-state index in [2.05, 4.69) is 261 Å². The highest BCUT2D eigenvalue weighted by molar-refractivity contribution is 7.00. The minimum absolute atomic E-state index is 0.0155. The third-order valence-corrected chi connectivity index (χ3v) is 18.2. The highest BCUT2D eigenvalue weighted by atomic mass is 15.2. The molecule has 0 radical (unpaired) electrons. The molecule has 368 valence electrons. The Morgan fingerprint density at radius 3 is 1.49 bits per heavy atom. The molecule has 0 unspecified atom stereocenters. The molecule has 4 aliphatic rings. The Kier molecular flexibility index (Phi) is 10.7. The second-order valence-corrected chi connectivity index (χ2v) is 27.7. The Hall–Kier alpha value is -5.80. The van der Waals surface area contributed by atoms with Gasteiger partial charge in [-0.25, -0.2) is 0 Å². The fourth-order valence-corrected chi connectivity index (χ4v) is 13.8. The molecule has 0 saturated heterocycles. The Morgan fingerprint density at radius 1 is 0.403 bits per heavy atom. The second kappa shape index (κ2) is 15.9. The van der Waals surface area contributed by atoms with Crippen molar-refractivity contribution >= 4 is 57.2 Å². The summed E-state index contributed by atoms with van der Waals surface area (Å²) in [6.07, 6.45) is 3.45. The first-order chi connectivity index (χ1) is 33.6. The zero-order valence-electron chi connectivity index (χ0n) is 46.8. The minimum Gasteiger partial charge on any atom is -0.311 e. The first-order valence-electron chi connectivity index (χ1n) is 27.1. The number of hydrogen-bond donors (Lipinski definition) is 0. The molecule has 2 nitrogen and oxygen atoms in total. The lowest BCUT2D eigenvalue weighted by atomic mass is 9.32. The molecule has 7 aromatic carbocycles. The molecule has 0 amide bonds. The van der Waals surface area contributed by atoms with Gasteiger partial charge in [0.05, 0.1) is 5.69 Å². The minimum atomic E-state index is -0.232. The van der Waals surface area contributed by atoms with Crippen LogP contribution in [0, 0.1) is 6.92 Å². The lowest BCUT2D eigenvalue weighted by molar-refractivity contribution is 0.332. The van der Waals surface area contributed by atoms with Gasteiger partial charge in [0.25, 0.3) is 6.71 Å². The average Bonchev–Trinajstić information content (AvgIpc) is 3.50. The summed E-state index contributed by atoms with van der Waals surface area (Å²) < 4.78 is 0. The van der Waals surface area contributed by atoms with E-state index in [9.17, 15) is 0 Å². The van der Waals surface area contributed by atoms with Crippen molar-refractivity contribution in [2.75, 3.05) is 9.80 Å². The van der Waals surface area contributed by atoms with Crippen LogP contribution in [0.15, 0.2) is 133 Å². The molecule has 0 N–H and O–H groups in total.